The maximum absolute atomic E-state index is 11.5. The Morgan fingerprint density at radius 1 is 1.26 bits per heavy atom. The van der Waals surface area contributed by atoms with Crippen molar-refractivity contribution in [1.29, 1.82) is 5.26 Å². The van der Waals surface area contributed by atoms with Gasteiger partial charge in [-0.05, 0) is 60.9 Å². The van der Waals surface area contributed by atoms with E-state index in [-0.39, 0.29) is 0 Å². The fourth-order valence-corrected chi connectivity index (χ4v) is 3.09. The number of hydrogen-bond acceptors (Lipinski definition) is 3. The monoisotopic (exact) mass is 274 g/mol. The molecule has 3 nitrogen and oxygen atoms in total. The van der Waals surface area contributed by atoms with E-state index >= 15 is 0 Å². The fraction of sp³-hybridized carbons (Fsp3) is 0.467. The minimum atomic E-state index is -0.453. The molecule has 2 fully saturated rings. The molecule has 1 aromatic rings. The molecule has 0 radical (unpaired) electrons. The molecule has 0 aromatic heterocycles. The van der Waals surface area contributed by atoms with E-state index < -0.39 is 5.24 Å². The topological polar surface area (TPSA) is 44.1 Å². The van der Waals surface area contributed by atoms with Crippen molar-refractivity contribution in [3.05, 3.63) is 29.3 Å². The molecule has 1 aromatic carbocycles. The van der Waals surface area contributed by atoms with Gasteiger partial charge in [-0.2, -0.15) is 5.26 Å². The summed E-state index contributed by atoms with van der Waals surface area (Å²) in [5.74, 6) is 0. The van der Waals surface area contributed by atoms with Crippen LogP contribution >= 0.6 is 11.6 Å². The number of anilines is 1. The lowest BCUT2D eigenvalue weighted by atomic mass is 9.93. The third-order valence-corrected chi connectivity index (χ3v) is 4.66. The van der Waals surface area contributed by atoms with Crippen LogP contribution in [0.4, 0.5) is 5.69 Å². The molecule has 1 aliphatic carbocycles. The number of carbonyl (C=O) groups is 1. The summed E-state index contributed by atoms with van der Waals surface area (Å²) >= 11 is 5.64. The average Bonchev–Trinajstić information content (AvgIpc) is 3.18. The third kappa shape index (κ3) is 2.33. The van der Waals surface area contributed by atoms with Crippen LogP contribution in [0.25, 0.3) is 0 Å². The number of nitrogens with zero attached hydrogens (tertiary/aromatic N) is 2. The Morgan fingerprint density at radius 2 is 1.95 bits per heavy atom. The zero-order valence-corrected chi connectivity index (χ0v) is 11.4. The Hall–Kier alpha value is -1.53. The lowest BCUT2D eigenvalue weighted by Crippen LogP contribution is -2.35. The molecule has 0 N–H and O–H groups in total. The first-order chi connectivity index (χ1) is 9.13. The molecule has 0 atom stereocenters. The van der Waals surface area contributed by atoms with Gasteiger partial charge in [0.05, 0.1) is 22.9 Å². The van der Waals surface area contributed by atoms with Crippen molar-refractivity contribution < 1.29 is 4.79 Å². The van der Waals surface area contributed by atoms with E-state index in [4.69, 9.17) is 16.9 Å². The Bertz CT molecular complexity index is 562. The highest BCUT2D eigenvalue weighted by Gasteiger charge is 2.44. The van der Waals surface area contributed by atoms with Crippen molar-refractivity contribution in [3.8, 4) is 6.07 Å². The van der Waals surface area contributed by atoms with Crippen molar-refractivity contribution in [2.24, 2.45) is 5.41 Å². The fourth-order valence-electron chi connectivity index (χ4n) is 2.93. The smallest absolute Gasteiger partial charge is 0.254 e. The van der Waals surface area contributed by atoms with Crippen molar-refractivity contribution in [1.82, 2.24) is 0 Å². The van der Waals surface area contributed by atoms with Gasteiger partial charge in [-0.3, -0.25) is 4.79 Å². The molecule has 1 saturated heterocycles. The van der Waals surface area contributed by atoms with E-state index in [0.29, 0.717) is 16.5 Å². The van der Waals surface area contributed by atoms with Gasteiger partial charge < -0.3 is 4.90 Å². The Kier molecular flexibility index (Phi) is 2.99. The van der Waals surface area contributed by atoms with Gasteiger partial charge in [-0.1, -0.05) is 0 Å². The molecule has 0 bridgehead atoms. The van der Waals surface area contributed by atoms with Gasteiger partial charge in [0, 0.05) is 13.1 Å². The zero-order chi connectivity index (χ0) is 13.5. The lowest BCUT2D eigenvalue weighted by Gasteiger charge is -2.34. The summed E-state index contributed by atoms with van der Waals surface area (Å²) in [6, 6.07) is 7.20. The predicted octanol–water partition coefficient (Wildman–Crippen LogP) is 3.32. The molecular formula is C15H15ClN2O. The predicted molar refractivity (Wildman–Crippen MR) is 74.5 cm³/mol. The highest BCUT2D eigenvalue weighted by molar-refractivity contribution is 6.68. The highest BCUT2D eigenvalue weighted by atomic mass is 35.5. The molecule has 98 valence electrons. The van der Waals surface area contributed by atoms with E-state index in [1.54, 1.807) is 18.2 Å². The van der Waals surface area contributed by atoms with Gasteiger partial charge in [0.1, 0.15) is 0 Å². The summed E-state index contributed by atoms with van der Waals surface area (Å²) in [6.45, 7) is 1.90. The Labute approximate surface area is 117 Å². The molecule has 2 aliphatic rings. The third-order valence-electron chi connectivity index (χ3n) is 4.46. The first kappa shape index (κ1) is 12.5. The number of benzene rings is 1. The van der Waals surface area contributed by atoms with Gasteiger partial charge >= 0.3 is 0 Å². The van der Waals surface area contributed by atoms with E-state index in [2.05, 4.69) is 11.0 Å². The molecule has 1 spiro atoms. The van der Waals surface area contributed by atoms with E-state index in [0.717, 1.165) is 18.8 Å². The van der Waals surface area contributed by atoms with Crippen LogP contribution in [-0.4, -0.2) is 18.3 Å². The highest BCUT2D eigenvalue weighted by Crippen LogP contribution is 2.54. The molecule has 1 saturated carbocycles. The number of halogens is 1. The van der Waals surface area contributed by atoms with Crippen molar-refractivity contribution in [2.75, 3.05) is 18.0 Å². The molecular weight excluding hydrogens is 260 g/mol. The quantitative estimate of drug-likeness (QED) is 0.777. The van der Waals surface area contributed by atoms with Crippen molar-refractivity contribution in [2.45, 2.75) is 25.7 Å². The SMILES string of the molecule is N#Cc1ccc(C(=O)Cl)c(N2CCC3(CC2)CC3)c1. The zero-order valence-electron chi connectivity index (χ0n) is 10.7. The molecule has 19 heavy (non-hydrogen) atoms. The van der Waals surface area contributed by atoms with Crippen LogP contribution in [0.5, 0.6) is 0 Å². The van der Waals surface area contributed by atoms with Gasteiger partial charge in [0.2, 0.25) is 0 Å². The van der Waals surface area contributed by atoms with Crippen LogP contribution in [0, 0.1) is 16.7 Å². The first-order valence-corrected chi connectivity index (χ1v) is 7.00. The van der Waals surface area contributed by atoms with Crippen molar-refractivity contribution in [3.63, 3.8) is 0 Å². The Morgan fingerprint density at radius 3 is 2.47 bits per heavy atom. The minimum absolute atomic E-state index is 0.453. The number of rotatable bonds is 2. The Balaban J connectivity index is 1.90. The number of hydrogen-bond donors (Lipinski definition) is 0. The van der Waals surface area contributed by atoms with Crippen LogP contribution in [0.15, 0.2) is 18.2 Å². The number of piperidine rings is 1. The summed E-state index contributed by atoms with van der Waals surface area (Å²) < 4.78 is 0. The van der Waals surface area contributed by atoms with Crippen LogP contribution in [0.3, 0.4) is 0 Å². The molecule has 0 amide bonds. The number of nitriles is 1. The summed E-state index contributed by atoms with van der Waals surface area (Å²) in [5.41, 5.74) is 2.49. The molecule has 1 aliphatic heterocycles. The van der Waals surface area contributed by atoms with E-state index in [1.165, 1.54) is 25.7 Å². The van der Waals surface area contributed by atoms with Crippen LogP contribution in [-0.2, 0) is 0 Å². The van der Waals surface area contributed by atoms with Crippen LogP contribution in [0.1, 0.15) is 41.6 Å². The van der Waals surface area contributed by atoms with Gasteiger partial charge in [0.25, 0.3) is 5.24 Å². The maximum atomic E-state index is 11.5. The second kappa shape index (κ2) is 4.54. The minimum Gasteiger partial charge on any atom is -0.371 e. The molecule has 4 heteroatoms. The summed E-state index contributed by atoms with van der Waals surface area (Å²) in [4.78, 5) is 13.7. The molecule has 0 unspecified atom stereocenters. The molecule has 1 heterocycles. The summed E-state index contributed by atoms with van der Waals surface area (Å²) in [5, 5.41) is 8.54. The summed E-state index contributed by atoms with van der Waals surface area (Å²) in [7, 11) is 0. The largest absolute Gasteiger partial charge is 0.371 e. The van der Waals surface area contributed by atoms with E-state index in [1.807, 2.05) is 0 Å². The second-order valence-electron chi connectivity index (χ2n) is 5.60. The lowest BCUT2D eigenvalue weighted by molar-refractivity contribution is 0.108. The number of carbonyl (C=O) groups excluding carboxylic acids is 1. The first-order valence-electron chi connectivity index (χ1n) is 6.63. The van der Waals surface area contributed by atoms with Crippen LogP contribution < -0.4 is 4.90 Å². The van der Waals surface area contributed by atoms with Gasteiger partial charge in [-0.15, -0.1) is 0 Å². The van der Waals surface area contributed by atoms with Crippen molar-refractivity contribution >= 4 is 22.5 Å². The summed E-state index contributed by atoms with van der Waals surface area (Å²) in [6.07, 6.45) is 5.06. The average molecular weight is 275 g/mol. The van der Waals surface area contributed by atoms with Gasteiger partial charge in [0.15, 0.2) is 0 Å². The molecule has 3 rings (SSSR count). The van der Waals surface area contributed by atoms with Gasteiger partial charge in [-0.25, -0.2) is 0 Å². The standard InChI is InChI=1S/C15H15ClN2O/c16-14(19)12-2-1-11(10-17)9-13(12)18-7-5-15(3-4-15)6-8-18/h1-2,9H,3-8H2. The maximum Gasteiger partial charge on any atom is 0.254 e. The second-order valence-corrected chi connectivity index (χ2v) is 5.95. The normalized spacial score (nSPS) is 20.1. The van der Waals surface area contributed by atoms with E-state index in [9.17, 15) is 4.79 Å². The van der Waals surface area contributed by atoms with Crippen LogP contribution in [0.2, 0.25) is 0 Å².